The summed E-state index contributed by atoms with van der Waals surface area (Å²) in [6.45, 7) is 8.46. The molecule has 1 amide bonds. The summed E-state index contributed by atoms with van der Waals surface area (Å²) in [6, 6.07) is 0. The van der Waals surface area contributed by atoms with Crippen LogP contribution in [0, 0.1) is 5.92 Å². The molecule has 108 valence electrons. The van der Waals surface area contributed by atoms with Crippen LogP contribution in [-0.4, -0.2) is 72.4 Å². The highest BCUT2D eigenvalue weighted by Gasteiger charge is 2.29. The van der Waals surface area contributed by atoms with E-state index in [4.69, 9.17) is 0 Å². The van der Waals surface area contributed by atoms with E-state index < -0.39 is 0 Å². The molecule has 2 rings (SSSR count). The topological polar surface area (TPSA) is 52.7 Å². The second kappa shape index (κ2) is 7.26. The highest BCUT2D eigenvalue weighted by Crippen LogP contribution is 2.22. The molecule has 0 aromatic heterocycles. The molecule has 1 N–H and O–H groups in total. The number of hydrogen-bond donors (Lipinski definition) is 1. The van der Waals surface area contributed by atoms with Crippen LogP contribution in [0.5, 0.6) is 0 Å². The molecule has 2 heterocycles. The third-order valence-electron chi connectivity index (χ3n) is 3.71. The molecule has 0 aromatic carbocycles. The molecular formula is C13H23N3O2S. The number of nitrogens with zero attached hydrogens (tertiary/aromatic N) is 2. The van der Waals surface area contributed by atoms with Gasteiger partial charge in [-0.05, 0) is 5.92 Å². The fraction of sp³-hybridized carbons (Fsp3) is 0.846. The number of likely N-dealkylation sites (tertiary alicyclic amines) is 1. The van der Waals surface area contributed by atoms with Crippen molar-refractivity contribution in [2.24, 2.45) is 5.92 Å². The lowest BCUT2D eigenvalue weighted by Crippen LogP contribution is -2.46. The number of amides is 1. The number of carbonyl (C=O) groups is 2. The largest absolute Gasteiger partial charge is 0.341 e. The van der Waals surface area contributed by atoms with E-state index >= 15 is 0 Å². The first-order valence-corrected chi connectivity index (χ1v) is 7.98. The van der Waals surface area contributed by atoms with E-state index in [0.717, 1.165) is 51.6 Å². The quantitative estimate of drug-likeness (QED) is 0.772. The lowest BCUT2D eigenvalue weighted by atomic mass is 10.1. The van der Waals surface area contributed by atoms with Gasteiger partial charge in [-0.25, -0.2) is 0 Å². The summed E-state index contributed by atoms with van der Waals surface area (Å²) in [5.74, 6) is 1.39. The van der Waals surface area contributed by atoms with E-state index in [1.807, 2.05) is 4.90 Å². The Morgan fingerprint density at radius 1 is 1.37 bits per heavy atom. The normalized spacial score (nSPS) is 25.0. The zero-order valence-corrected chi connectivity index (χ0v) is 12.4. The predicted molar refractivity (Wildman–Crippen MR) is 77.1 cm³/mol. The summed E-state index contributed by atoms with van der Waals surface area (Å²) < 4.78 is 0. The van der Waals surface area contributed by atoms with Crippen LogP contribution in [0.25, 0.3) is 0 Å². The van der Waals surface area contributed by atoms with Crippen LogP contribution in [-0.2, 0) is 9.59 Å². The molecule has 2 saturated heterocycles. The van der Waals surface area contributed by atoms with Crippen LogP contribution in [0.4, 0.5) is 0 Å². The monoisotopic (exact) mass is 285 g/mol. The Balaban J connectivity index is 1.69. The van der Waals surface area contributed by atoms with Crippen molar-refractivity contribution in [1.29, 1.82) is 0 Å². The van der Waals surface area contributed by atoms with Crippen LogP contribution in [0.1, 0.15) is 13.3 Å². The summed E-state index contributed by atoms with van der Waals surface area (Å²) in [4.78, 5) is 27.2. The van der Waals surface area contributed by atoms with Gasteiger partial charge in [-0.1, -0.05) is 11.8 Å². The molecule has 0 aliphatic carbocycles. The van der Waals surface area contributed by atoms with Gasteiger partial charge in [0.25, 0.3) is 0 Å². The van der Waals surface area contributed by atoms with Crippen molar-refractivity contribution in [1.82, 2.24) is 15.1 Å². The maximum absolute atomic E-state index is 11.9. The average molecular weight is 285 g/mol. The van der Waals surface area contributed by atoms with Gasteiger partial charge in [-0.15, -0.1) is 0 Å². The Labute approximate surface area is 119 Å². The van der Waals surface area contributed by atoms with Crippen LogP contribution in [0.2, 0.25) is 0 Å². The first-order valence-electron chi connectivity index (χ1n) is 6.99. The molecule has 0 spiro atoms. The molecule has 0 aromatic rings. The highest BCUT2D eigenvalue weighted by molar-refractivity contribution is 8.13. The van der Waals surface area contributed by atoms with E-state index in [0.29, 0.717) is 12.3 Å². The molecule has 2 aliphatic rings. The molecule has 1 atom stereocenters. The van der Waals surface area contributed by atoms with Crippen LogP contribution < -0.4 is 5.32 Å². The van der Waals surface area contributed by atoms with Crippen molar-refractivity contribution in [3.8, 4) is 0 Å². The third-order valence-corrected chi connectivity index (χ3v) is 4.76. The van der Waals surface area contributed by atoms with Crippen molar-refractivity contribution in [2.45, 2.75) is 13.3 Å². The lowest BCUT2D eigenvalue weighted by molar-refractivity contribution is -0.127. The summed E-state index contributed by atoms with van der Waals surface area (Å²) in [7, 11) is 0. The van der Waals surface area contributed by atoms with Crippen molar-refractivity contribution in [2.75, 3.05) is 51.6 Å². The van der Waals surface area contributed by atoms with Gasteiger partial charge in [0.05, 0.1) is 0 Å². The van der Waals surface area contributed by atoms with Gasteiger partial charge in [0, 0.05) is 64.9 Å². The Bertz CT molecular complexity index is 332. The minimum atomic E-state index is 0.145. The van der Waals surface area contributed by atoms with Gasteiger partial charge in [-0.2, -0.15) is 0 Å². The molecule has 0 radical (unpaired) electrons. The number of carbonyl (C=O) groups excluding carboxylic acids is 2. The van der Waals surface area contributed by atoms with Crippen molar-refractivity contribution >= 4 is 22.8 Å². The van der Waals surface area contributed by atoms with Gasteiger partial charge in [0.2, 0.25) is 5.91 Å². The second-order valence-corrected chi connectivity index (χ2v) is 6.50. The van der Waals surface area contributed by atoms with Gasteiger partial charge in [0.1, 0.15) is 0 Å². The zero-order chi connectivity index (χ0) is 13.7. The number of thioether (sulfide) groups is 1. The smallest absolute Gasteiger partial charge is 0.222 e. The molecule has 1 unspecified atom stereocenters. The Hall–Kier alpha value is -0.590. The molecule has 19 heavy (non-hydrogen) atoms. The maximum Gasteiger partial charge on any atom is 0.222 e. The molecule has 6 heteroatoms. The van der Waals surface area contributed by atoms with Crippen LogP contribution in [0.15, 0.2) is 0 Å². The Morgan fingerprint density at radius 3 is 2.79 bits per heavy atom. The summed E-state index contributed by atoms with van der Waals surface area (Å²) in [5.41, 5.74) is 0. The van der Waals surface area contributed by atoms with Crippen molar-refractivity contribution in [3.05, 3.63) is 0 Å². The molecule has 0 saturated carbocycles. The maximum atomic E-state index is 11.9. The highest BCUT2D eigenvalue weighted by atomic mass is 32.2. The van der Waals surface area contributed by atoms with Crippen LogP contribution >= 0.6 is 11.8 Å². The van der Waals surface area contributed by atoms with Crippen molar-refractivity contribution < 1.29 is 9.59 Å². The fourth-order valence-corrected chi connectivity index (χ4v) is 3.31. The Kier molecular flexibility index (Phi) is 5.66. The number of hydrogen-bond acceptors (Lipinski definition) is 5. The minimum Gasteiger partial charge on any atom is -0.341 e. The number of nitrogens with one attached hydrogen (secondary N) is 1. The van der Waals surface area contributed by atoms with Crippen molar-refractivity contribution in [3.63, 3.8) is 0 Å². The third kappa shape index (κ3) is 4.78. The molecule has 2 aliphatic heterocycles. The summed E-state index contributed by atoms with van der Waals surface area (Å²) >= 11 is 1.34. The summed E-state index contributed by atoms with van der Waals surface area (Å²) in [5, 5.41) is 3.47. The minimum absolute atomic E-state index is 0.145. The SMILES string of the molecule is CC(=O)SCC1CC(=O)N(CCN2CCNCC2)C1. The first kappa shape index (κ1) is 14.8. The average Bonchev–Trinajstić information content (AvgIpc) is 2.76. The van der Waals surface area contributed by atoms with E-state index in [1.165, 1.54) is 11.8 Å². The standard InChI is InChI=1S/C13H23N3O2S/c1-11(17)19-10-12-8-13(18)16(9-12)7-6-15-4-2-14-3-5-15/h12,14H,2-10H2,1H3. The van der Waals surface area contributed by atoms with E-state index in [-0.39, 0.29) is 11.0 Å². The van der Waals surface area contributed by atoms with E-state index in [2.05, 4.69) is 10.2 Å². The molecule has 2 fully saturated rings. The summed E-state index contributed by atoms with van der Waals surface area (Å²) in [6.07, 6.45) is 0.613. The van der Waals surface area contributed by atoms with Gasteiger partial charge in [-0.3, -0.25) is 14.5 Å². The lowest BCUT2D eigenvalue weighted by Gasteiger charge is -2.29. The first-order chi connectivity index (χ1) is 9.15. The number of rotatable bonds is 5. The number of piperazine rings is 1. The Morgan fingerprint density at radius 2 is 2.11 bits per heavy atom. The van der Waals surface area contributed by atoms with Gasteiger partial charge < -0.3 is 10.2 Å². The molecule has 5 nitrogen and oxygen atoms in total. The van der Waals surface area contributed by atoms with Crippen LogP contribution in [0.3, 0.4) is 0 Å². The zero-order valence-electron chi connectivity index (χ0n) is 11.6. The predicted octanol–water partition coefficient (Wildman–Crippen LogP) is 0.0198. The van der Waals surface area contributed by atoms with E-state index in [1.54, 1.807) is 6.92 Å². The van der Waals surface area contributed by atoms with Gasteiger partial charge in [0.15, 0.2) is 5.12 Å². The second-order valence-electron chi connectivity index (χ2n) is 5.30. The van der Waals surface area contributed by atoms with E-state index in [9.17, 15) is 9.59 Å². The molecular weight excluding hydrogens is 262 g/mol. The van der Waals surface area contributed by atoms with Gasteiger partial charge >= 0.3 is 0 Å². The molecule has 0 bridgehead atoms. The fourth-order valence-electron chi connectivity index (χ4n) is 2.61.